The molecule has 0 radical (unpaired) electrons. The van der Waals surface area contributed by atoms with Gasteiger partial charge in [-0.25, -0.2) is 5.10 Å². The van der Waals surface area contributed by atoms with Crippen molar-refractivity contribution in [3.8, 4) is 11.4 Å². The average molecular weight is 346 g/mol. The molecule has 0 aliphatic heterocycles. The number of benzene rings is 1. The van der Waals surface area contributed by atoms with Crippen molar-refractivity contribution in [1.82, 2.24) is 25.7 Å². The second-order valence-electron chi connectivity index (χ2n) is 4.96. The van der Waals surface area contributed by atoms with E-state index in [2.05, 4.69) is 25.7 Å². The summed E-state index contributed by atoms with van der Waals surface area (Å²) in [4.78, 5) is 27.3. The number of nitrogens with zero attached hydrogens (tertiary/aromatic N) is 3. The van der Waals surface area contributed by atoms with Crippen LogP contribution in [0.4, 0.5) is 0 Å². The Morgan fingerprint density at radius 1 is 1.25 bits per heavy atom. The van der Waals surface area contributed by atoms with Gasteiger partial charge in [0.05, 0.1) is 0 Å². The molecule has 0 spiro atoms. The summed E-state index contributed by atoms with van der Waals surface area (Å²) < 4.78 is 5.18. The van der Waals surface area contributed by atoms with Gasteiger partial charge in [0.25, 0.3) is 11.5 Å². The first kappa shape index (κ1) is 15.9. The van der Waals surface area contributed by atoms with Crippen LogP contribution in [0.5, 0.6) is 0 Å². The molecule has 1 amide bonds. The minimum Gasteiger partial charge on any atom is -0.339 e. The molecule has 0 bridgehead atoms. The summed E-state index contributed by atoms with van der Waals surface area (Å²) in [5.41, 5.74) is 0.443. The molecule has 0 aliphatic carbocycles. The number of rotatable bonds is 4. The van der Waals surface area contributed by atoms with Gasteiger partial charge in [-0.1, -0.05) is 16.8 Å². The summed E-state index contributed by atoms with van der Waals surface area (Å²) in [5.74, 6) is 0.174. The Balaban J connectivity index is 1.72. The molecule has 0 saturated heterocycles. The highest BCUT2D eigenvalue weighted by Gasteiger charge is 2.18. The van der Waals surface area contributed by atoms with Gasteiger partial charge in [0.2, 0.25) is 11.7 Å². The number of halogens is 1. The molecule has 1 aromatic carbocycles. The van der Waals surface area contributed by atoms with Crippen LogP contribution >= 0.6 is 11.6 Å². The van der Waals surface area contributed by atoms with Crippen LogP contribution in [0.3, 0.4) is 0 Å². The molecule has 2 N–H and O–H groups in total. The Morgan fingerprint density at radius 2 is 2.00 bits per heavy atom. The highest BCUT2D eigenvalue weighted by Crippen LogP contribution is 2.20. The largest absolute Gasteiger partial charge is 0.339 e. The summed E-state index contributed by atoms with van der Waals surface area (Å²) in [5, 5.41) is 13.0. The van der Waals surface area contributed by atoms with Crippen molar-refractivity contribution in [3.05, 3.63) is 63.4 Å². The summed E-state index contributed by atoms with van der Waals surface area (Å²) in [6.07, 6.45) is 0. The lowest BCUT2D eigenvalue weighted by Crippen LogP contribution is -2.28. The van der Waals surface area contributed by atoms with Crippen LogP contribution in [0, 0.1) is 0 Å². The molecule has 24 heavy (non-hydrogen) atoms. The van der Waals surface area contributed by atoms with Crippen molar-refractivity contribution >= 4 is 17.5 Å². The summed E-state index contributed by atoms with van der Waals surface area (Å²) in [7, 11) is 0. The molecule has 9 heteroatoms. The standard InChI is InChI=1S/C15H12ClN5O3/c1-8(17-14(23)11-6-7-12(22)20-19-11)15-18-13(21-24-15)9-2-4-10(16)5-3-9/h2-8H,1H3,(H,17,23)(H,20,22). The predicted octanol–water partition coefficient (Wildman–Crippen LogP) is 1.96. The monoisotopic (exact) mass is 345 g/mol. The van der Waals surface area contributed by atoms with Gasteiger partial charge in [-0.2, -0.15) is 10.1 Å². The Bertz CT molecular complexity index is 899. The van der Waals surface area contributed by atoms with Gasteiger partial charge in [-0.15, -0.1) is 0 Å². The van der Waals surface area contributed by atoms with Gasteiger partial charge in [-0.3, -0.25) is 9.59 Å². The number of aromatic amines is 1. The number of nitrogens with one attached hydrogen (secondary N) is 2. The maximum Gasteiger partial charge on any atom is 0.272 e. The van der Waals surface area contributed by atoms with E-state index in [0.29, 0.717) is 10.8 Å². The highest BCUT2D eigenvalue weighted by molar-refractivity contribution is 6.30. The SMILES string of the molecule is CC(NC(=O)c1ccc(=O)[nH]n1)c1nc(-c2ccc(Cl)cc2)no1. The number of hydrogen-bond donors (Lipinski definition) is 2. The third-order valence-corrected chi connectivity index (χ3v) is 3.43. The number of carbonyl (C=O) groups is 1. The second-order valence-corrected chi connectivity index (χ2v) is 5.40. The van der Waals surface area contributed by atoms with E-state index in [1.807, 2.05) is 0 Å². The minimum absolute atomic E-state index is 0.0823. The second kappa shape index (κ2) is 6.63. The van der Waals surface area contributed by atoms with Gasteiger partial charge in [0.1, 0.15) is 11.7 Å². The molecule has 2 aromatic heterocycles. The average Bonchev–Trinajstić information content (AvgIpc) is 3.06. The van der Waals surface area contributed by atoms with Gasteiger partial charge in [-0.05, 0) is 37.3 Å². The molecule has 2 heterocycles. The third kappa shape index (κ3) is 3.49. The van der Waals surface area contributed by atoms with E-state index in [4.69, 9.17) is 16.1 Å². The van der Waals surface area contributed by atoms with Crippen molar-refractivity contribution in [2.45, 2.75) is 13.0 Å². The van der Waals surface area contributed by atoms with E-state index in [9.17, 15) is 9.59 Å². The first-order valence-electron chi connectivity index (χ1n) is 6.99. The van der Waals surface area contributed by atoms with Gasteiger partial charge < -0.3 is 9.84 Å². The highest BCUT2D eigenvalue weighted by atomic mass is 35.5. The van der Waals surface area contributed by atoms with Crippen LogP contribution in [-0.2, 0) is 0 Å². The van der Waals surface area contributed by atoms with E-state index in [1.54, 1.807) is 31.2 Å². The lowest BCUT2D eigenvalue weighted by atomic mass is 10.2. The molecule has 3 aromatic rings. The molecule has 0 saturated carbocycles. The van der Waals surface area contributed by atoms with Gasteiger partial charge >= 0.3 is 0 Å². The van der Waals surface area contributed by atoms with Gasteiger partial charge in [0, 0.05) is 16.7 Å². The van der Waals surface area contributed by atoms with E-state index in [-0.39, 0.29) is 17.1 Å². The number of hydrogen-bond acceptors (Lipinski definition) is 6. The first-order valence-corrected chi connectivity index (χ1v) is 7.37. The predicted molar refractivity (Wildman–Crippen MR) is 85.5 cm³/mol. The van der Waals surface area contributed by atoms with Crippen molar-refractivity contribution in [2.24, 2.45) is 0 Å². The Hall–Kier alpha value is -3.00. The molecular formula is C15H12ClN5O3. The Labute approximate surface area is 140 Å². The molecule has 1 unspecified atom stereocenters. The summed E-state index contributed by atoms with van der Waals surface area (Å²) >= 11 is 5.84. The van der Waals surface area contributed by atoms with E-state index < -0.39 is 11.9 Å². The van der Waals surface area contributed by atoms with Crippen LogP contribution in [-0.4, -0.2) is 26.2 Å². The fourth-order valence-electron chi connectivity index (χ4n) is 1.93. The van der Waals surface area contributed by atoms with Crippen molar-refractivity contribution < 1.29 is 9.32 Å². The quantitative estimate of drug-likeness (QED) is 0.747. The zero-order valence-electron chi connectivity index (χ0n) is 12.5. The molecule has 8 nitrogen and oxygen atoms in total. The number of carbonyl (C=O) groups excluding carboxylic acids is 1. The van der Waals surface area contributed by atoms with Crippen molar-refractivity contribution in [1.29, 1.82) is 0 Å². The fourth-order valence-corrected chi connectivity index (χ4v) is 2.06. The van der Waals surface area contributed by atoms with Crippen molar-refractivity contribution in [3.63, 3.8) is 0 Å². The maximum atomic E-state index is 12.1. The third-order valence-electron chi connectivity index (χ3n) is 3.17. The van der Waals surface area contributed by atoms with E-state index in [1.165, 1.54) is 12.1 Å². The topological polar surface area (TPSA) is 114 Å². The summed E-state index contributed by atoms with van der Waals surface area (Å²) in [6, 6.07) is 9.00. The van der Waals surface area contributed by atoms with E-state index in [0.717, 1.165) is 5.56 Å². The Morgan fingerprint density at radius 3 is 2.67 bits per heavy atom. The zero-order valence-corrected chi connectivity index (χ0v) is 13.2. The fraction of sp³-hybridized carbons (Fsp3) is 0.133. The lowest BCUT2D eigenvalue weighted by Gasteiger charge is -2.08. The smallest absolute Gasteiger partial charge is 0.272 e. The van der Waals surface area contributed by atoms with Gasteiger partial charge in [0.15, 0.2) is 0 Å². The minimum atomic E-state index is -0.528. The zero-order chi connectivity index (χ0) is 17.1. The maximum absolute atomic E-state index is 12.1. The van der Waals surface area contributed by atoms with E-state index >= 15 is 0 Å². The van der Waals surface area contributed by atoms with Crippen LogP contribution in [0.1, 0.15) is 29.3 Å². The van der Waals surface area contributed by atoms with Crippen LogP contribution in [0.15, 0.2) is 45.7 Å². The molecular weight excluding hydrogens is 334 g/mol. The molecule has 0 fully saturated rings. The van der Waals surface area contributed by atoms with Crippen LogP contribution < -0.4 is 10.9 Å². The van der Waals surface area contributed by atoms with Crippen LogP contribution in [0.25, 0.3) is 11.4 Å². The lowest BCUT2D eigenvalue weighted by molar-refractivity contribution is 0.0926. The molecule has 1 atom stereocenters. The Kier molecular flexibility index (Phi) is 4.39. The number of amides is 1. The number of aromatic nitrogens is 4. The molecule has 0 aliphatic rings. The van der Waals surface area contributed by atoms with Crippen molar-refractivity contribution in [2.75, 3.05) is 0 Å². The number of H-pyrrole nitrogens is 1. The normalized spacial score (nSPS) is 11.9. The summed E-state index contributed by atoms with van der Waals surface area (Å²) in [6.45, 7) is 1.70. The van der Waals surface area contributed by atoms with Crippen LogP contribution in [0.2, 0.25) is 5.02 Å². The molecule has 122 valence electrons. The first-order chi connectivity index (χ1) is 11.5. The molecule has 3 rings (SSSR count).